The van der Waals surface area contributed by atoms with E-state index in [1.54, 1.807) is 0 Å². The summed E-state index contributed by atoms with van der Waals surface area (Å²) in [5.74, 6) is 4.78. The molecule has 1 rings (SSSR count). The van der Waals surface area contributed by atoms with Crippen molar-refractivity contribution >= 4 is 5.71 Å². The molecule has 0 aliphatic carbocycles. The zero-order valence-electron chi connectivity index (χ0n) is 6.32. The Morgan fingerprint density at radius 1 is 1.36 bits per heavy atom. The van der Waals surface area contributed by atoms with Crippen molar-refractivity contribution in [2.75, 3.05) is 0 Å². The number of hydrogen-bond acceptors (Lipinski definition) is 3. The van der Waals surface area contributed by atoms with Gasteiger partial charge in [-0.3, -0.25) is 0 Å². The van der Waals surface area contributed by atoms with E-state index in [2.05, 4.69) is 10.1 Å². The first-order valence-electron chi connectivity index (χ1n) is 3.30. The lowest BCUT2D eigenvalue weighted by molar-refractivity contribution is 0.149. The molecule has 0 atom stereocenters. The van der Waals surface area contributed by atoms with E-state index in [4.69, 9.17) is 5.90 Å². The van der Waals surface area contributed by atoms with Crippen molar-refractivity contribution in [3.63, 3.8) is 0 Å². The molecular weight excluding hydrogens is 140 g/mol. The van der Waals surface area contributed by atoms with Crippen LogP contribution < -0.4 is 5.90 Å². The molecule has 0 amide bonds. The van der Waals surface area contributed by atoms with Crippen molar-refractivity contribution in [2.45, 2.75) is 6.92 Å². The summed E-state index contributed by atoms with van der Waals surface area (Å²) in [5.41, 5.74) is 1.78. The third kappa shape index (κ3) is 2.05. The predicted molar refractivity (Wildman–Crippen MR) is 43.9 cm³/mol. The highest BCUT2D eigenvalue weighted by molar-refractivity contribution is 5.98. The lowest BCUT2D eigenvalue weighted by Gasteiger charge is -1.96. The molecule has 0 saturated carbocycles. The molecule has 0 aliphatic heterocycles. The van der Waals surface area contributed by atoms with Gasteiger partial charge >= 0.3 is 0 Å². The van der Waals surface area contributed by atoms with Gasteiger partial charge in [0.1, 0.15) is 0 Å². The summed E-state index contributed by atoms with van der Waals surface area (Å²) in [4.78, 5) is 4.15. The van der Waals surface area contributed by atoms with Crippen LogP contribution in [0, 0.1) is 0 Å². The monoisotopic (exact) mass is 150 g/mol. The molecule has 3 heteroatoms. The van der Waals surface area contributed by atoms with Crippen molar-refractivity contribution in [3.8, 4) is 0 Å². The standard InChI is InChI=1S/C8H10N2O/c1-7(10-11-9)8-5-3-2-4-6-8/h2-6H,9H2,1H3/b10-7+. The Bertz CT molecular complexity index is 244. The van der Waals surface area contributed by atoms with Crippen molar-refractivity contribution in [1.29, 1.82) is 0 Å². The largest absolute Gasteiger partial charge is 0.302 e. The molecule has 0 unspecified atom stereocenters. The van der Waals surface area contributed by atoms with Crippen LogP contribution in [0.25, 0.3) is 0 Å². The lowest BCUT2D eigenvalue weighted by Crippen LogP contribution is -1.98. The van der Waals surface area contributed by atoms with Gasteiger partial charge in [0.15, 0.2) is 0 Å². The summed E-state index contributed by atoms with van der Waals surface area (Å²) < 4.78 is 0. The molecule has 0 spiro atoms. The molecule has 0 heterocycles. The number of rotatable bonds is 2. The van der Waals surface area contributed by atoms with Crippen LogP contribution in [0.15, 0.2) is 35.5 Å². The minimum Gasteiger partial charge on any atom is -0.302 e. The van der Waals surface area contributed by atoms with Crippen molar-refractivity contribution in [2.24, 2.45) is 11.1 Å². The van der Waals surface area contributed by atoms with Gasteiger partial charge in [0.05, 0.1) is 5.71 Å². The molecule has 1 aromatic rings. The quantitative estimate of drug-likeness (QED) is 0.510. The van der Waals surface area contributed by atoms with E-state index in [1.807, 2.05) is 37.3 Å². The van der Waals surface area contributed by atoms with Gasteiger partial charge in [0, 0.05) is 0 Å². The van der Waals surface area contributed by atoms with Gasteiger partial charge in [-0.05, 0) is 12.5 Å². The maximum atomic E-state index is 4.78. The maximum Gasteiger partial charge on any atom is 0.0863 e. The van der Waals surface area contributed by atoms with E-state index < -0.39 is 0 Å². The summed E-state index contributed by atoms with van der Waals surface area (Å²) in [7, 11) is 0. The Kier molecular flexibility index (Phi) is 2.63. The maximum absolute atomic E-state index is 4.78. The van der Waals surface area contributed by atoms with Gasteiger partial charge in [0.25, 0.3) is 0 Å². The summed E-state index contributed by atoms with van der Waals surface area (Å²) in [6.07, 6.45) is 0. The van der Waals surface area contributed by atoms with E-state index in [9.17, 15) is 0 Å². The molecule has 0 radical (unpaired) electrons. The highest BCUT2D eigenvalue weighted by atomic mass is 16.7. The highest BCUT2D eigenvalue weighted by Gasteiger charge is 1.93. The average Bonchev–Trinajstić information content (AvgIpc) is 2.07. The van der Waals surface area contributed by atoms with Crippen LogP contribution >= 0.6 is 0 Å². The fourth-order valence-corrected chi connectivity index (χ4v) is 0.811. The number of oxime groups is 1. The highest BCUT2D eigenvalue weighted by Crippen LogP contribution is 1.99. The fraction of sp³-hybridized carbons (Fsp3) is 0.125. The van der Waals surface area contributed by atoms with E-state index >= 15 is 0 Å². The van der Waals surface area contributed by atoms with Crippen LogP contribution in [0.4, 0.5) is 0 Å². The smallest absolute Gasteiger partial charge is 0.0863 e. The van der Waals surface area contributed by atoms with Gasteiger partial charge in [-0.15, -0.1) is 5.90 Å². The van der Waals surface area contributed by atoms with Crippen molar-refractivity contribution in [1.82, 2.24) is 0 Å². The topological polar surface area (TPSA) is 47.6 Å². The number of hydrogen-bond donors (Lipinski definition) is 1. The van der Waals surface area contributed by atoms with Crippen LogP contribution in [0.2, 0.25) is 0 Å². The SMILES string of the molecule is C/C(=N\ON)c1ccccc1. The second kappa shape index (κ2) is 3.73. The van der Waals surface area contributed by atoms with Crippen LogP contribution in [0.5, 0.6) is 0 Å². The van der Waals surface area contributed by atoms with Gasteiger partial charge in [0.2, 0.25) is 0 Å². The van der Waals surface area contributed by atoms with Gasteiger partial charge in [-0.25, -0.2) is 0 Å². The van der Waals surface area contributed by atoms with E-state index in [-0.39, 0.29) is 0 Å². The van der Waals surface area contributed by atoms with E-state index in [0.29, 0.717) is 0 Å². The molecule has 58 valence electrons. The van der Waals surface area contributed by atoms with Crippen LogP contribution in [-0.4, -0.2) is 5.71 Å². The number of benzene rings is 1. The Morgan fingerprint density at radius 3 is 2.55 bits per heavy atom. The molecule has 2 N–H and O–H groups in total. The Hall–Kier alpha value is -1.35. The molecule has 0 bridgehead atoms. The number of nitrogens with two attached hydrogens (primary N) is 1. The van der Waals surface area contributed by atoms with Crippen molar-refractivity contribution < 1.29 is 4.94 Å². The third-order valence-corrected chi connectivity index (χ3v) is 1.38. The minimum atomic E-state index is 0.771. The number of nitrogens with zero attached hydrogens (tertiary/aromatic N) is 1. The zero-order chi connectivity index (χ0) is 8.10. The Balaban J connectivity index is 2.85. The van der Waals surface area contributed by atoms with E-state index in [1.165, 1.54) is 0 Å². The Morgan fingerprint density at radius 2 is 2.00 bits per heavy atom. The zero-order valence-corrected chi connectivity index (χ0v) is 6.32. The second-order valence-corrected chi connectivity index (χ2v) is 2.15. The van der Waals surface area contributed by atoms with Gasteiger partial charge in [-0.1, -0.05) is 35.5 Å². The van der Waals surface area contributed by atoms with Gasteiger partial charge in [-0.2, -0.15) is 0 Å². The van der Waals surface area contributed by atoms with Crippen LogP contribution in [0.3, 0.4) is 0 Å². The van der Waals surface area contributed by atoms with Crippen LogP contribution in [-0.2, 0) is 4.94 Å². The van der Waals surface area contributed by atoms with Gasteiger partial charge < -0.3 is 4.94 Å². The minimum absolute atomic E-state index is 0.771. The molecule has 0 fully saturated rings. The summed E-state index contributed by atoms with van der Waals surface area (Å²) in [6.45, 7) is 1.84. The summed E-state index contributed by atoms with van der Waals surface area (Å²) in [5, 5.41) is 3.59. The third-order valence-electron chi connectivity index (χ3n) is 1.38. The molecular formula is C8H10N2O. The first-order valence-corrected chi connectivity index (χ1v) is 3.30. The van der Waals surface area contributed by atoms with Crippen molar-refractivity contribution in [3.05, 3.63) is 35.9 Å². The van der Waals surface area contributed by atoms with Crippen LogP contribution in [0.1, 0.15) is 12.5 Å². The Labute approximate surface area is 65.4 Å². The average molecular weight is 150 g/mol. The summed E-state index contributed by atoms with van der Waals surface area (Å²) >= 11 is 0. The molecule has 3 nitrogen and oxygen atoms in total. The predicted octanol–water partition coefficient (Wildman–Crippen LogP) is 1.30. The molecule has 0 aromatic heterocycles. The molecule has 0 saturated heterocycles. The molecule has 11 heavy (non-hydrogen) atoms. The second-order valence-electron chi connectivity index (χ2n) is 2.15. The first kappa shape index (κ1) is 7.75. The summed E-state index contributed by atoms with van der Waals surface area (Å²) in [6, 6.07) is 9.70. The van der Waals surface area contributed by atoms with E-state index in [0.717, 1.165) is 11.3 Å². The fourth-order valence-electron chi connectivity index (χ4n) is 0.811. The normalized spacial score (nSPS) is 11.3. The molecule has 1 aromatic carbocycles. The first-order chi connectivity index (χ1) is 5.34. The lowest BCUT2D eigenvalue weighted by atomic mass is 10.1. The molecule has 0 aliphatic rings.